The average molecular weight is 749 g/mol. The van der Waals surface area contributed by atoms with Crippen molar-refractivity contribution < 1.29 is 27.5 Å². The van der Waals surface area contributed by atoms with Crippen LogP contribution in [0.3, 0.4) is 0 Å². The van der Waals surface area contributed by atoms with Gasteiger partial charge in [-0.2, -0.15) is 0 Å². The fourth-order valence-corrected chi connectivity index (χ4v) is 7.97. The van der Waals surface area contributed by atoms with Crippen LogP contribution >= 0.6 is 15.9 Å². The van der Waals surface area contributed by atoms with Crippen molar-refractivity contribution in [1.82, 2.24) is 10.2 Å². The van der Waals surface area contributed by atoms with E-state index in [1.54, 1.807) is 24.3 Å². The fraction of sp³-hybridized carbons (Fsp3) is 0.316. The van der Waals surface area contributed by atoms with Crippen LogP contribution in [-0.2, 0) is 32.6 Å². The topological polar surface area (TPSA) is 105 Å². The van der Waals surface area contributed by atoms with Gasteiger partial charge < -0.3 is 19.7 Å². The Labute approximate surface area is 297 Å². The number of methoxy groups -OCH3 is 2. The first kappa shape index (κ1) is 35.9. The number of nitrogens with zero attached hydrogens (tertiary/aromatic N) is 2. The van der Waals surface area contributed by atoms with Crippen LogP contribution in [0.25, 0.3) is 0 Å². The van der Waals surface area contributed by atoms with E-state index in [1.165, 1.54) is 37.3 Å². The predicted molar refractivity (Wildman–Crippen MR) is 194 cm³/mol. The van der Waals surface area contributed by atoms with Gasteiger partial charge in [0.25, 0.3) is 10.0 Å². The molecule has 0 heterocycles. The Kier molecular flexibility index (Phi) is 12.0. The monoisotopic (exact) mass is 747 g/mol. The molecule has 1 aliphatic rings. The first-order chi connectivity index (χ1) is 23.6. The highest BCUT2D eigenvalue weighted by Crippen LogP contribution is 2.33. The second-order valence-corrected chi connectivity index (χ2v) is 15.0. The van der Waals surface area contributed by atoms with Gasteiger partial charge in [-0.1, -0.05) is 88.9 Å². The molecule has 1 atom stereocenters. The molecule has 11 heteroatoms. The van der Waals surface area contributed by atoms with E-state index >= 15 is 0 Å². The molecule has 2 amide bonds. The Morgan fingerprint density at radius 2 is 1.53 bits per heavy atom. The lowest BCUT2D eigenvalue weighted by Crippen LogP contribution is -2.54. The van der Waals surface area contributed by atoms with Crippen LogP contribution in [0.1, 0.15) is 42.4 Å². The first-order valence-electron chi connectivity index (χ1n) is 16.3. The van der Waals surface area contributed by atoms with E-state index in [9.17, 15) is 18.0 Å². The van der Waals surface area contributed by atoms with E-state index in [1.807, 2.05) is 61.5 Å². The average Bonchev–Trinajstić information content (AvgIpc) is 3.62. The zero-order valence-electron chi connectivity index (χ0n) is 28.0. The second-order valence-electron chi connectivity index (χ2n) is 12.2. The molecule has 0 radical (unpaired) electrons. The number of anilines is 1. The number of hydrogen-bond donors (Lipinski definition) is 1. The maximum Gasteiger partial charge on any atom is 0.264 e. The van der Waals surface area contributed by atoms with Crippen molar-refractivity contribution in [2.24, 2.45) is 0 Å². The van der Waals surface area contributed by atoms with Crippen LogP contribution in [0.5, 0.6) is 11.5 Å². The van der Waals surface area contributed by atoms with Crippen molar-refractivity contribution in [2.45, 2.75) is 62.6 Å². The largest absolute Gasteiger partial charge is 0.493 e. The maximum atomic E-state index is 14.7. The molecule has 49 heavy (non-hydrogen) atoms. The number of halogens is 1. The zero-order chi connectivity index (χ0) is 35.0. The number of rotatable bonds is 14. The number of amides is 2. The summed E-state index contributed by atoms with van der Waals surface area (Å²) in [7, 11) is -1.41. The molecule has 0 aromatic heterocycles. The van der Waals surface area contributed by atoms with Crippen LogP contribution in [0, 0.1) is 6.92 Å². The highest BCUT2D eigenvalue weighted by atomic mass is 79.9. The van der Waals surface area contributed by atoms with Crippen molar-refractivity contribution in [3.05, 3.63) is 118 Å². The molecular weight excluding hydrogens is 706 g/mol. The number of benzene rings is 4. The molecular formula is C38H42BrN3O6S. The summed E-state index contributed by atoms with van der Waals surface area (Å²) in [6, 6.07) is 27.5. The van der Waals surface area contributed by atoms with Crippen LogP contribution in [0.4, 0.5) is 5.69 Å². The second kappa shape index (κ2) is 16.4. The molecule has 4 aromatic carbocycles. The van der Waals surface area contributed by atoms with Crippen LogP contribution in [-0.4, -0.2) is 58.0 Å². The number of carbonyl (C=O) groups is 2. The summed E-state index contributed by atoms with van der Waals surface area (Å²) >= 11 is 3.53. The molecule has 4 aromatic rings. The zero-order valence-corrected chi connectivity index (χ0v) is 30.4. The molecule has 1 N–H and O–H groups in total. The van der Waals surface area contributed by atoms with Gasteiger partial charge in [-0.3, -0.25) is 13.9 Å². The quantitative estimate of drug-likeness (QED) is 0.155. The number of nitrogens with one attached hydrogen (secondary N) is 1. The van der Waals surface area contributed by atoms with Gasteiger partial charge in [0.15, 0.2) is 11.5 Å². The minimum Gasteiger partial charge on any atom is -0.493 e. The summed E-state index contributed by atoms with van der Waals surface area (Å²) < 4.78 is 41.5. The van der Waals surface area contributed by atoms with E-state index in [2.05, 4.69) is 21.2 Å². The minimum atomic E-state index is -4.31. The number of hydrogen-bond acceptors (Lipinski definition) is 6. The highest BCUT2D eigenvalue weighted by molar-refractivity contribution is 9.10. The van der Waals surface area contributed by atoms with E-state index < -0.39 is 28.5 Å². The highest BCUT2D eigenvalue weighted by Gasteiger charge is 2.36. The van der Waals surface area contributed by atoms with Gasteiger partial charge in [0, 0.05) is 29.5 Å². The third-order valence-corrected chi connectivity index (χ3v) is 11.0. The molecule has 0 bridgehead atoms. The maximum absolute atomic E-state index is 14.7. The Morgan fingerprint density at radius 1 is 0.857 bits per heavy atom. The van der Waals surface area contributed by atoms with E-state index in [0.717, 1.165) is 51.2 Å². The summed E-state index contributed by atoms with van der Waals surface area (Å²) in [4.78, 5) is 30.4. The standard InChI is InChI=1S/C38H42BrN3O6S/c1-27-16-18-32(19-17-27)42(49(45,46)33-20-21-35(47-2)36(24-33)48-3)26-37(43)41(25-29-12-9-13-30(39)22-29)34(23-28-10-5-4-6-11-28)38(44)40-31-14-7-8-15-31/h4-6,9-13,16-22,24,31,34H,7-8,14-15,23,25-26H2,1-3H3,(H,40,44)/t34-/m0/s1. The number of ether oxygens (including phenoxy) is 2. The molecule has 0 aliphatic heterocycles. The van der Waals surface area contributed by atoms with Gasteiger partial charge in [-0.25, -0.2) is 8.42 Å². The number of sulfonamides is 1. The first-order valence-corrected chi connectivity index (χ1v) is 18.5. The van der Waals surface area contributed by atoms with Gasteiger partial charge >= 0.3 is 0 Å². The molecule has 0 spiro atoms. The number of carbonyl (C=O) groups excluding carboxylic acids is 2. The lowest BCUT2D eigenvalue weighted by molar-refractivity contribution is -0.140. The summed E-state index contributed by atoms with van der Waals surface area (Å²) in [5.74, 6) is -0.172. The summed E-state index contributed by atoms with van der Waals surface area (Å²) in [5.41, 5.74) is 2.92. The Bertz CT molecular complexity index is 1850. The summed E-state index contributed by atoms with van der Waals surface area (Å²) in [6.07, 6.45) is 4.09. The van der Waals surface area contributed by atoms with Crippen LogP contribution in [0.2, 0.25) is 0 Å². The van der Waals surface area contributed by atoms with Gasteiger partial charge in [0.05, 0.1) is 24.8 Å². The minimum absolute atomic E-state index is 0.0306. The van der Waals surface area contributed by atoms with Gasteiger partial charge in [0.2, 0.25) is 11.8 Å². The summed E-state index contributed by atoms with van der Waals surface area (Å²) in [6.45, 7) is 1.45. The SMILES string of the molecule is COc1ccc(S(=O)(=O)N(CC(=O)N(Cc2cccc(Br)c2)[C@@H](Cc2ccccc2)C(=O)NC2CCCC2)c2ccc(C)cc2)cc1OC. The molecule has 1 aliphatic carbocycles. The van der Waals surface area contributed by atoms with E-state index in [4.69, 9.17) is 9.47 Å². The Balaban J connectivity index is 1.58. The fourth-order valence-electron chi connectivity index (χ4n) is 6.10. The Hall–Kier alpha value is -4.35. The van der Waals surface area contributed by atoms with Crippen molar-refractivity contribution >= 4 is 43.5 Å². The third-order valence-electron chi connectivity index (χ3n) is 8.76. The molecule has 0 unspecified atom stereocenters. The molecule has 258 valence electrons. The lowest BCUT2D eigenvalue weighted by Gasteiger charge is -2.34. The number of aryl methyl sites for hydroxylation is 1. The summed E-state index contributed by atoms with van der Waals surface area (Å²) in [5, 5.41) is 3.20. The van der Waals surface area contributed by atoms with Gasteiger partial charge in [-0.15, -0.1) is 0 Å². The van der Waals surface area contributed by atoms with Crippen LogP contribution in [0.15, 0.2) is 106 Å². The molecule has 1 fully saturated rings. The predicted octanol–water partition coefficient (Wildman–Crippen LogP) is 6.67. The Morgan fingerprint density at radius 3 is 2.18 bits per heavy atom. The van der Waals surface area contributed by atoms with Gasteiger partial charge in [-0.05, 0) is 67.3 Å². The smallest absolute Gasteiger partial charge is 0.264 e. The van der Waals surface area contributed by atoms with Crippen molar-refractivity contribution in [2.75, 3.05) is 25.1 Å². The van der Waals surface area contributed by atoms with Crippen molar-refractivity contribution in [1.29, 1.82) is 0 Å². The van der Waals surface area contributed by atoms with Crippen molar-refractivity contribution in [3.63, 3.8) is 0 Å². The third kappa shape index (κ3) is 9.01. The van der Waals surface area contributed by atoms with Crippen LogP contribution < -0.4 is 19.1 Å². The van der Waals surface area contributed by atoms with Crippen molar-refractivity contribution in [3.8, 4) is 11.5 Å². The molecule has 1 saturated carbocycles. The molecule has 9 nitrogen and oxygen atoms in total. The van der Waals surface area contributed by atoms with Gasteiger partial charge in [0.1, 0.15) is 12.6 Å². The molecule has 0 saturated heterocycles. The normalized spacial score (nSPS) is 13.8. The van der Waals surface area contributed by atoms with E-state index in [0.29, 0.717) is 11.4 Å². The van der Waals surface area contributed by atoms with E-state index in [-0.39, 0.29) is 35.6 Å². The molecule has 5 rings (SSSR count). The lowest BCUT2D eigenvalue weighted by atomic mass is 10.0.